The molecule has 1 heterocycles. The molecule has 1 amide bonds. The van der Waals surface area contributed by atoms with E-state index in [9.17, 15) is 13.2 Å². The average molecular weight is 385 g/mol. The Labute approximate surface area is 159 Å². The van der Waals surface area contributed by atoms with Crippen molar-refractivity contribution in [3.63, 3.8) is 0 Å². The van der Waals surface area contributed by atoms with Gasteiger partial charge in [0.1, 0.15) is 0 Å². The minimum absolute atomic E-state index is 0.226. The maximum Gasteiger partial charge on any atom is 0.326 e. The van der Waals surface area contributed by atoms with Gasteiger partial charge in [-0.15, -0.1) is 0 Å². The van der Waals surface area contributed by atoms with Gasteiger partial charge in [-0.1, -0.05) is 44.2 Å². The van der Waals surface area contributed by atoms with Crippen molar-refractivity contribution in [3.05, 3.63) is 66.4 Å². The fourth-order valence-corrected chi connectivity index (χ4v) is 4.47. The lowest BCUT2D eigenvalue weighted by Crippen LogP contribution is -2.30. The van der Waals surface area contributed by atoms with Crippen LogP contribution in [-0.2, 0) is 16.6 Å². The zero-order chi connectivity index (χ0) is 19.4. The number of aromatic nitrogens is 1. The molecule has 0 spiro atoms. The Morgan fingerprint density at radius 1 is 1.00 bits per heavy atom. The van der Waals surface area contributed by atoms with Crippen molar-refractivity contribution >= 4 is 27.0 Å². The number of hydrogen-bond acceptors (Lipinski definition) is 3. The van der Waals surface area contributed by atoms with Gasteiger partial charge in [0.25, 0.3) is 0 Å². The lowest BCUT2D eigenvalue weighted by atomic mass is 10.2. The molecule has 27 heavy (non-hydrogen) atoms. The quantitative estimate of drug-likeness (QED) is 0.707. The van der Waals surface area contributed by atoms with Crippen LogP contribution in [0.4, 0.5) is 4.79 Å². The largest absolute Gasteiger partial charge is 0.333 e. The summed E-state index contributed by atoms with van der Waals surface area (Å²) < 4.78 is 28.0. The first kappa shape index (κ1) is 19.1. The molecule has 1 N–H and O–H groups in total. The van der Waals surface area contributed by atoms with Gasteiger partial charge in [0.05, 0.1) is 10.4 Å². The lowest BCUT2D eigenvalue weighted by molar-refractivity contribution is 0.243. The second kappa shape index (κ2) is 7.94. The first-order chi connectivity index (χ1) is 13.0. The molecule has 142 valence electrons. The smallest absolute Gasteiger partial charge is 0.326 e. The number of para-hydroxylation sites is 1. The minimum atomic E-state index is -3.47. The first-order valence-electron chi connectivity index (χ1n) is 8.90. The molecule has 1 aromatic heterocycles. The van der Waals surface area contributed by atoms with Gasteiger partial charge in [-0.2, -0.15) is 4.31 Å². The van der Waals surface area contributed by atoms with Crippen LogP contribution in [0, 0.1) is 0 Å². The maximum absolute atomic E-state index is 12.5. The molecule has 0 saturated carbocycles. The van der Waals surface area contributed by atoms with Gasteiger partial charge in [-0.25, -0.2) is 13.2 Å². The third kappa shape index (κ3) is 3.89. The SMILES string of the molecule is CCN(CC)S(=O)(=O)c1ccc(CNC(=O)n2ccc3ccccc32)cc1. The van der Waals surface area contributed by atoms with Gasteiger partial charge in [0.2, 0.25) is 10.0 Å². The molecular weight excluding hydrogens is 362 g/mol. The Hall–Kier alpha value is -2.64. The standard InChI is InChI=1S/C20H23N3O3S/c1-3-22(4-2)27(25,26)18-11-9-16(10-12-18)15-21-20(24)23-14-13-17-7-5-6-8-19(17)23/h5-14H,3-4,15H2,1-2H3,(H,21,24). The van der Waals surface area contributed by atoms with Crippen molar-refractivity contribution in [2.45, 2.75) is 25.3 Å². The molecule has 0 saturated heterocycles. The van der Waals surface area contributed by atoms with Gasteiger partial charge in [0.15, 0.2) is 0 Å². The molecule has 0 aliphatic rings. The Kier molecular flexibility index (Phi) is 5.62. The van der Waals surface area contributed by atoms with Crippen LogP contribution in [0.2, 0.25) is 0 Å². The van der Waals surface area contributed by atoms with Crippen molar-refractivity contribution in [1.82, 2.24) is 14.2 Å². The number of rotatable bonds is 6. The number of amides is 1. The van der Waals surface area contributed by atoms with E-state index in [1.807, 2.05) is 44.2 Å². The highest BCUT2D eigenvalue weighted by molar-refractivity contribution is 7.89. The van der Waals surface area contributed by atoms with Crippen LogP contribution in [0.1, 0.15) is 19.4 Å². The molecule has 0 unspecified atom stereocenters. The summed E-state index contributed by atoms with van der Waals surface area (Å²) in [7, 11) is -3.47. The zero-order valence-electron chi connectivity index (χ0n) is 15.4. The average Bonchev–Trinajstić information content (AvgIpc) is 3.11. The van der Waals surface area contributed by atoms with Crippen molar-refractivity contribution < 1.29 is 13.2 Å². The predicted octanol–water partition coefficient (Wildman–Crippen LogP) is 3.43. The van der Waals surface area contributed by atoms with Gasteiger partial charge in [0, 0.05) is 31.2 Å². The summed E-state index contributed by atoms with van der Waals surface area (Å²) >= 11 is 0. The van der Waals surface area contributed by atoms with Crippen LogP contribution >= 0.6 is 0 Å². The van der Waals surface area contributed by atoms with E-state index in [2.05, 4.69) is 5.32 Å². The summed E-state index contributed by atoms with van der Waals surface area (Å²) in [6, 6.07) is 15.9. The molecule has 0 bridgehead atoms. The summed E-state index contributed by atoms with van der Waals surface area (Å²) in [5, 5.41) is 3.86. The zero-order valence-corrected chi connectivity index (χ0v) is 16.2. The summed E-state index contributed by atoms with van der Waals surface area (Å²) in [6.45, 7) is 4.81. The molecule has 7 heteroatoms. The fourth-order valence-electron chi connectivity index (χ4n) is 3.01. The number of benzene rings is 2. The van der Waals surface area contributed by atoms with Gasteiger partial charge in [-0.3, -0.25) is 4.57 Å². The number of carbonyl (C=O) groups excluding carboxylic acids is 1. The van der Waals surface area contributed by atoms with Crippen molar-refractivity contribution in [2.24, 2.45) is 0 Å². The number of nitrogens with zero attached hydrogens (tertiary/aromatic N) is 2. The first-order valence-corrected chi connectivity index (χ1v) is 10.3. The normalized spacial score (nSPS) is 11.8. The highest BCUT2D eigenvalue weighted by Gasteiger charge is 2.21. The van der Waals surface area contributed by atoms with Crippen LogP contribution in [-0.4, -0.2) is 36.4 Å². The Bertz CT molecular complexity index is 1040. The van der Waals surface area contributed by atoms with Crippen molar-refractivity contribution in [2.75, 3.05) is 13.1 Å². The van der Waals surface area contributed by atoms with Crippen molar-refractivity contribution in [3.8, 4) is 0 Å². The van der Waals surface area contributed by atoms with E-state index in [0.717, 1.165) is 16.5 Å². The minimum Gasteiger partial charge on any atom is -0.333 e. The molecule has 3 aromatic rings. The highest BCUT2D eigenvalue weighted by Crippen LogP contribution is 2.17. The molecule has 0 aliphatic carbocycles. The van der Waals surface area contributed by atoms with Crippen molar-refractivity contribution in [1.29, 1.82) is 0 Å². The topological polar surface area (TPSA) is 71.4 Å². The maximum atomic E-state index is 12.5. The van der Waals surface area contributed by atoms with E-state index >= 15 is 0 Å². The monoisotopic (exact) mass is 385 g/mol. The van der Waals surface area contributed by atoms with E-state index < -0.39 is 10.0 Å². The molecule has 0 fully saturated rings. The summed E-state index contributed by atoms with van der Waals surface area (Å²) in [5.74, 6) is 0. The number of nitrogens with one attached hydrogen (secondary N) is 1. The van der Waals surface area contributed by atoms with Crippen LogP contribution < -0.4 is 5.32 Å². The molecule has 0 atom stereocenters. The summed E-state index contributed by atoms with van der Waals surface area (Å²) in [4.78, 5) is 12.7. The molecule has 0 aliphatic heterocycles. The summed E-state index contributed by atoms with van der Waals surface area (Å²) in [5.41, 5.74) is 1.67. The Morgan fingerprint density at radius 2 is 1.67 bits per heavy atom. The molecular formula is C20H23N3O3S. The highest BCUT2D eigenvalue weighted by atomic mass is 32.2. The van der Waals surface area contributed by atoms with Crippen LogP contribution in [0.3, 0.4) is 0 Å². The molecule has 3 rings (SSSR count). The molecule has 0 radical (unpaired) electrons. The Morgan fingerprint density at radius 3 is 2.33 bits per heavy atom. The van der Waals surface area contributed by atoms with E-state index in [1.54, 1.807) is 35.0 Å². The number of sulfonamides is 1. The van der Waals surface area contributed by atoms with Crippen LogP contribution in [0.25, 0.3) is 10.9 Å². The van der Waals surface area contributed by atoms with E-state index in [4.69, 9.17) is 0 Å². The third-order valence-corrected chi connectivity index (χ3v) is 6.59. The number of fused-ring (bicyclic) bond motifs is 1. The second-order valence-electron chi connectivity index (χ2n) is 6.14. The van der Waals surface area contributed by atoms with E-state index in [-0.39, 0.29) is 10.9 Å². The number of carbonyl (C=O) groups is 1. The third-order valence-electron chi connectivity index (χ3n) is 4.53. The van der Waals surface area contributed by atoms with E-state index in [0.29, 0.717) is 19.6 Å². The van der Waals surface area contributed by atoms with Gasteiger partial charge < -0.3 is 5.32 Å². The molecule has 2 aromatic carbocycles. The van der Waals surface area contributed by atoms with E-state index in [1.165, 1.54) is 4.31 Å². The predicted molar refractivity (Wildman–Crippen MR) is 106 cm³/mol. The Balaban J connectivity index is 1.69. The van der Waals surface area contributed by atoms with Gasteiger partial charge >= 0.3 is 6.03 Å². The van der Waals surface area contributed by atoms with Crippen LogP contribution in [0.5, 0.6) is 0 Å². The lowest BCUT2D eigenvalue weighted by Gasteiger charge is -2.18. The van der Waals surface area contributed by atoms with Crippen LogP contribution in [0.15, 0.2) is 65.7 Å². The second-order valence-corrected chi connectivity index (χ2v) is 8.07. The summed E-state index contributed by atoms with van der Waals surface area (Å²) in [6.07, 6.45) is 1.74. The molecule has 6 nitrogen and oxygen atoms in total. The fraction of sp³-hybridized carbons (Fsp3) is 0.250. The number of hydrogen-bond donors (Lipinski definition) is 1. The van der Waals surface area contributed by atoms with Gasteiger partial charge in [-0.05, 0) is 29.8 Å².